The molecule has 8 nitrogen and oxygen atoms in total. The quantitative estimate of drug-likeness (QED) is 0.398. The Morgan fingerprint density at radius 1 is 1.06 bits per heavy atom. The van der Waals surface area contributed by atoms with Crippen molar-refractivity contribution in [1.29, 1.82) is 0 Å². The van der Waals surface area contributed by atoms with Gasteiger partial charge in [0.2, 0.25) is 5.91 Å². The molecule has 176 valence electrons. The predicted molar refractivity (Wildman–Crippen MR) is 134 cm³/mol. The average molecular weight is 498 g/mol. The fourth-order valence-corrected chi connectivity index (χ4v) is 5.99. The summed E-state index contributed by atoms with van der Waals surface area (Å²) in [6.45, 7) is 2.01. The van der Waals surface area contributed by atoms with Gasteiger partial charge in [-0.15, -0.1) is 0 Å². The number of methoxy groups -OCH3 is 1. The number of fused-ring (bicyclic) bond motifs is 1. The van der Waals surface area contributed by atoms with Crippen LogP contribution in [0.15, 0.2) is 82.5 Å². The molecule has 0 aliphatic carbocycles. The Hall–Kier alpha value is -3.63. The average Bonchev–Trinajstić information content (AvgIpc) is 3.17. The number of aryl methyl sites for hydroxylation is 1. The maximum absolute atomic E-state index is 13.4. The molecule has 0 aliphatic heterocycles. The van der Waals surface area contributed by atoms with Crippen molar-refractivity contribution in [1.82, 2.24) is 4.57 Å². The van der Waals surface area contributed by atoms with Gasteiger partial charge in [0.1, 0.15) is 12.3 Å². The summed E-state index contributed by atoms with van der Waals surface area (Å²) in [6, 6.07) is 19.6. The molecule has 1 heterocycles. The van der Waals surface area contributed by atoms with Crippen LogP contribution < -0.4 is 19.2 Å². The third kappa shape index (κ3) is 4.68. The van der Waals surface area contributed by atoms with E-state index in [9.17, 15) is 18.0 Å². The minimum atomic E-state index is -4.01. The predicted octanol–water partition coefficient (Wildman–Crippen LogP) is 3.93. The van der Waals surface area contributed by atoms with E-state index >= 15 is 0 Å². The van der Waals surface area contributed by atoms with Crippen LogP contribution in [0.1, 0.15) is 6.92 Å². The lowest BCUT2D eigenvalue weighted by molar-refractivity contribution is -0.114. The highest BCUT2D eigenvalue weighted by molar-refractivity contribution is 7.92. The maximum Gasteiger partial charge on any atom is 0.308 e. The van der Waals surface area contributed by atoms with Crippen molar-refractivity contribution >= 4 is 48.9 Å². The van der Waals surface area contributed by atoms with Gasteiger partial charge in [-0.2, -0.15) is 0 Å². The third-order valence-corrected chi connectivity index (χ3v) is 7.98. The highest BCUT2D eigenvalue weighted by Gasteiger charge is 2.27. The Balaban J connectivity index is 1.63. The van der Waals surface area contributed by atoms with Gasteiger partial charge in [0.05, 0.1) is 27.9 Å². The van der Waals surface area contributed by atoms with E-state index in [0.29, 0.717) is 23.7 Å². The Morgan fingerprint density at radius 2 is 1.76 bits per heavy atom. The molecule has 1 aromatic heterocycles. The number of nitrogens with zero attached hydrogens (tertiary/aromatic N) is 2. The van der Waals surface area contributed by atoms with Crippen LogP contribution in [0.5, 0.6) is 5.75 Å². The Morgan fingerprint density at radius 3 is 2.41 bits per heavy atom. The number of ether oxygens (including phenoxy) is 1. The van der Waals surface area contributed by atoms with Gasteiger partial charge in [-0.3, -0.25) is 18.5 Å². The van der Waals surface area contributed by atoms with Crippen LogP contribution in [0.4, 0.5) is 11.4 Å². The molecule has 0 fully saturated rings. The van der Waals surface area contributed by atoms with Crippen LogP contribution >= 0.6 is 11.3 Å². The van der Waals surface area contributed by atoms with Gasteiger partial charge in [-0.1, -0.05) is 29.5 Å². The number of amides is 1. The van der Waals surface area contributed by atoms with Crippen molar-refractivity contribution in [2.75, 3.05) is 23.3 Å². The number of sulfonamides is 1. The zero-order valence-corrected chi connectivity index (χ0v) is 20.2. The molecule has 10 heteroatoms. The molecule has 0 atom stereocenters. The highest BCUT2D eigenvalue weighted by atomic mass is 32.2. The second-order valence-electron chi connectivity index (χ2n) is 7.37. The first-order valence-corrected chi connectivity index (χ1v) is 12.7. The number of aromatic nitrogens is 1. The van der Waals surface area contributed by atoms with Gasteiger partial charge in [-0.05, 0) is 61.5 Å². The van der Waals surface area contributed by atoms with Gasteiger partial charge >= 0.3 is 4.87 Å². The van der Waals surface area contributed by atoms with E-state index in [1.54, 1.807) is 65.2 Å². The van der Waals surface area contributed by atoms with E-state index in [1.165, 1.54) is 19.2 Å². The zero-order valence-electron chi connectivity index (χ0n) is 18.6. The van der Waals surface area contributed by atoms with Gasteiger partial charge in [0.25, 0.3) is 10.0 Å². The molecular weight excluding hydrogens is 474 g/mol. The zero-order chi connectivity index (χ0) is 24.3. The molecule has 3 aromatic carbocycles. The number of hydrogen-bond acceptors (Lipinski definition) is 6. The molecule has 34 heavy (non-hydrogen) atoms. The number of carbonyl (C=O) groups is 1. The van der Waals surface area contributed by atoms with Gasteiger partial charge in [-0.25, -0.2) is 8.42 Å². The highest BCUT2D eigenvalue weighted by Crippen LogP contribution is 2.26. The van der Waals surface area contributed by atoms with E-state index in [4.69, 9.17) is 4.74 Å². The molecule has 0 spiro atoms. The van der Waals surface area contributed by atoms with Crippen LogP contribution in [0, 0.1) is 0 Å². The van der Waals surface area contributed by atoms with Crippen LogP contribution in [0.2, 0.25) is 0 Å². The van der Waals surface area contributed by atoms with Crippen molar-refractivity contribution < 1.29 is 17.9 Å². The van der Waals surface area contributed by atoms with Gasteiger partial charge < -0.3 is 10.1 Å². The van der Waals surface area contributed by atoms with Crippen molar-refractivity contribution in [2.24, 2.45) is 0 Å². The molecule has 0 radical (unpaired) electrons. The topological polar surface area (TPSA) is 97.7 Å². The van der Waals surface area contributed by atoms with Crippen molar-refractivity contribution in [2.45, 2.75) is 18.4 Å². The summed E-state index contributed by atoms with van der Waals surface area (Å²) < 4.78 is 35.4. The fraction of sp³-hybridized carbons (Fsp3) is 0.167. The van der Waals surface area contributed by atoms with E-state index in [0.717, 1.165) is 25.9 Å². The van der Waals surface area contributed by atoms with Crippen LogP contribution in [-0.4, -0.2) is 32.5 Å². The summed E-state index contributed by atoms with van der Waals surface area (Å²) >= 11 is 1.10. The monoisotopic (exact) mass is 497 g/mol. The molecule has 0 bridgehead atoms. The molecular formula is C24H23N3O5S2. The molecule has 1 amide bonds. The fourth-order valence-electron chi connectivity index (χ4n) is 3.56. The number of benzene rings is 3. The number of rotatable bonds is 8. The third-order valence-electron chi connectivity index (χ3n) is 5.25. The number of carbonyl (C=O) groups excluding carboxylic acids is 1. The minimum absolute atomic E-state index is 0.0689. The first-order valence-electron chi connectivity index (χ1n) is 10.5. The molecule has 0 unspecified atom stereocenters. The summed E-state index contributed by atoms with van der Waals surface area (Å²) in [6.07, 6.45) is 0. The standard InChI is InChI=1S/C24H23N3O5S2/c1-3-26-21-14-9-17(15-22(21)33-24(26)29)25-23(28)16-27(18-10-12-19(32-2)13-11-18)34(30,31)20-7-5-4-6-8-20/h4-15H,3,16H2,1-2H3,(H,25,28). The lowest BCUT2D eigenvalue weighted by atomic mass is 10.3. The summed E-state index contributed by atoms with van der Waals surface area (Å²) in [4.78, 5) is 25.1. The number of thiazole rings is 1. The normalized spacial score (nSPS) is 11.4. The summed E-state index contributed by atoms with van der Waals surface area (Å²) in [5.74, 6) is 0.0496. The SMILES string of the molecule is CCn1c(=O)sc2cc(NC(=O)CN(c3ccc(OC)cc3)S(=O)(=O)c3ccccc3)ccc21. The van der Waals surface area contributed by atoms with E-state index in [2.05, 4.69) is 5.32 Å². The molecule has 4 rings (SSSR count). The summed E-state index contributed by atoms with van der Waals surface area (Å²) in [5, 5.41) is 2.75. The molecule has 0 saturated heterocycles. The van der Waals surface area contributed by atoms with Crippen LogP contribution in [0.3, 0.4) is 0 Å². The second kappa shape index (κ2) is 9.70. The molecule has 4 aromatic rings. The van der Waals surface area contributed by atoms with Gasteiger partial charge in [0, 0.05) is 12.2 Å². The Labute approximate surface area is 201 Å². The lowest BCUT2D eigenvalue weighted by Gasteiger charge is -2.24. The van der Waals surface area contributed by atoms with E-state index < -0.39 is 22.5 Å². The Bertz CT molecular complexity index is 1480. The van der Waals surface area contributed by atoms with Crippen LogP contribution in [-0.2, 0) is 21.4 Å². The van der Waals surface area contributed by atoms with Gasteiger partial charge in [0.15, 0.2) is 0 Å². The smallest absolute Gasteiger partial charge is 0.308 e. The largest absolute Gasteiger partial charge is 0.497 e. The lowest BCUT2D eigenvalue weighted by Crippen LogP contribution is -2.38. The second-order valence-corrected chi connectivity index (χ2v) is 10.2. The number of anilines is 2. The van der Waals surface area contributed by atoms with Crippen molar-refractivity contribution in [3.05, 3.63) is 82.5 Å². The van der Waals surface area contributed by atoms with Crippen molar-refractivity contribution in [3.8, 4) is 5.75 Å². The summed E-state index contributed by atoms with van der Waals surface area (Å²) in [7, 11) is -2.50. The van der Waals surface area contributed by atoms with E-state index in [1.807, 2.05) is 6.92 Å². The van der Waals surface area contributed by atoms with Crippen molar-refractivity contribution in [3.63, 3.8) is 0 Å². The summed E-state index contributed by atoms with van der Waals surface area (Å²) in [5.41, 5.74) is 1.60. The minimum Gasteiger partial charge on any atom is -0.497 e. The van der Waals surface area contributed by atoms with Crippen LogP contribution in [0.25, 0.3) is 10.2 Å². The molecule has 1 N–H and O–H groups in total. The molecule has 0 saturated carbocycles. The first-order chi connectivity index (χ1) is 16.3. The number of nitrogens with one attached hydrogen (secondary N) is 1. The maximum atomic E-state index is 13.4. The number of hydrogen-bond donors (Lipinski definition) is 1. The van der Waals surface area contributed by atoms with E-state index in [-0.39, 0.29) is 9.77 Å². The molecule has 0 aliphatic rings. The first kappa shape index (κ1) is 23.5. The Kier molecular flexibility index (Phi) is 6.71.